The zero-order valence-electron chi connectivity index (χ0n) is 20.6. The zero-order valence-corrected chi connectivity index (χ0v) is 21.4. The quantitative estimate of drug-likeness (QED) is 0.526. The fraction of sp³-hybridized carbons (Fsp3) is 0.583. The summed E-state index contributed by atoms with van der Waals surface area (Å²) in [6.07, 6.45) is 1.49. The highest BCUT2D eigenvalue weighted by molar-refractivity contribution is 7.98. The monoisotopic (exact) mass is 476 g/mol. The Morgan fingerprint density at radius 3 is 2.21 bits per heavy atom. The van der Waals surface area contributed by atoms with E-state index in [2.05, 4.69) is 10.6 Å². The summed E-state index contributed by atoms with van der Waals surface area (Å²) in [5, 5.41) is 15.0. The van der Waals surface area contributed by atoms with Crippen molar-refractivity contribution in [3.63, 3.8) is 0 Å². The van der Waals surface area contributed by atoms with Gasteiger partial charge in [-0.05, 0) is 65.5 Å². The molecule has 0 aliphatic rings. The smallest absolute Gasteiger partial charge is 0.408 e. The molecule has 2 N–H and O–H groups in total. The predicted molar refractivity (Wildman–Crippen MR) is 131 cm³/mol. The summed E-state index contributed by atoms with van der Waals surface area (Å²) in [5.41, 5.74) is -0.704. The van der Waals surface area contributed by atoms with E-state index >= 15 is 0 Å². The molecule has 182 valence electrons. The van der Waals surface area contributed by atoms with Gasteiger partial charge in [0.15, 0.2) is 0 Å². The van der Waals surface area contributed by atoms with E-state index in [1.807, 2.05) is 39.2 Å². The molecule has 2 unspecified atom stereocenters. The molecule has 3 amide bonds. The van der Waals surface area contributed by atoms with Gasteiger partial charge in [-0.25, -0.2) is 4.79 Å². The van der Waals surface area contributed by atoms with Crippen LogP contribution in [0.4, 0.5) is 4.79 Å². The number of hydrogen-bond acceptors (Lipinski definition) is 6. The molecule has 1 aromatic rings. The number of amides is 3. The van der Waals surface area contributed by atoms with Crippen molar-refractivity contribution in [2.24, 2.45) is 0 Å². The molecule has 0 aliphatic carbocycles. The number of thioether (sulfide) groups is 1. The minimum absolute atomic E-state index is 0.318. The standard InChI is InChI=1S/C24H36N4O4S/c1-23(2,3)27-20(29)19(17-11-9-8-10-12-17)28(15-14-25)21(30)18(13-16-33-7)26-22(31)32-24(4,5)6/h8-12,18-19H,13,15-16H2,1-7H3,(H,26,31)(H,27,29). The Hall–Kier alpha value is -2.73. The Bertz CT molecular complexity index is 841. The lowest BCUT2D eigenvalue weighted by molar-refractivity contribution is -0.142. The van der Waals surface area contributed by atoms with Gasteiger partial charge in [0.2, 0.25) is 11.8 Å². The Morgan fingerprint density at radius 1 is 1.12 bits per heavy atom. The van der Waals surface area contributed by atoms with Gasteiger partial charge in [0.25, 0.3) is 0 Å². The maximum absolute atomic E-state index is 13.6. The number of alkyl carbamates (subject to hydrolysis) is 1. The molecular formula is C24H36N4O4S. The average molecular weight is 477 g/mol. The van der Waals surface area contributed by atoms with E-state index in [1.165, 1.54) is 16.7 Å². The summed E-state index contributed by atoms with van der Waals surface area (Å²) in [6.45, 7) is 10.4. The Kier molecular flexibility index (Phi) is 10.7. The molecule has 0 spiro atoms. The summed E-state index contributed by atoms with van der Waals surface area (Å²) in [5.74, 6) is -0.330. The number of carbonyl (C=O) groups is 3. The topological polar surface area (TPSA) is 112 Å². The molecule has 1 rings (SSSR count). The molecule has 0 saturated carbocycles. The fourth-order valence-electron chi connectivity index (χ4n) is 3.06. The Labute approximate surface area is 201 Å². The molecule has 33 heavy (non-hydrogen) atoms. The van der Waals surface area contributed by atoms with E-state index in [1.54, 1.807) is 45.0 Å². The van der Waals surface area contributed by atoms with Gasteiger partial charge in [0, 0.05) is 5.54 Å². The summed E-state index contributed by atoms with van der Waals surface area (Å²) < 4.78 is 5.32. The minimum atomic E-state index is -1.03. The maximum atomic E-state index is 13.6. The first-order valence-corrected chi connectivity index (χ1v) is 12.2. The summed E-state index contributed by atoms with van der Waals surface area (Å²) in [7, 11) is 0. The molecule has 0 aromatic heterocycles. The van der Waals surface area contributed by atoms with Crippen LogP contribution >= 0.6 is 11.8 Å². The third-order valence-corrected chi connectivity index (χ3v) is 4.94. The minimum Gasteiger partial charge on any atom is -0.444 e. The van der Waals surface area contributed by atoms with Crippen LogP contribution in [-0.4, -0.2) is 58.5 Å². The molecule has 9 heteroatoms. The maximum Gasteiger partial charge on any atom is 0.408 e. The van der Waals surface area contributed by atoms with Gasteiger partial charge in [-0.1, -0.05) is 30.3 Å². The van der Waals surface area contributed by atoms with Crippen LogP contribution < -0.4 is 10.6 Å². The number of rotatable bonds is 9. The van der Waals surface area contributed by atoms with E-state index in [0.717, 1.165) is 0 Å². The molecule has 8 nitrogen and oxygen atoms in total. The van der Waals surface area contributed by atoms with E-state index in [-0.39, 0.29) is 6.54 Å². The van der Waals surface area contributed by atoms with Crippen LogP contribution in [0.3, 0.4) is 0 Å². The SMILES string of the molecule is CSCCC(NC(=O)OC(C)(C)C)C(=O)N(CC#N)C(C(=O)NC(C)(C)C)c1ccccc1. The molecule has 2 atom stereocenters. The molecule has 1 aromatic carbocycles. The van der Waals surface area contributed by atoms with Crippen molar-refractivity contribution >= 4 is 29.7 Å². The van der Waals surface area contributed by atoms with Crippen molar-refractivity contribution in [3.05, 3.63) is 35.9 Å². The molecule has 0 bridgehead atoms. The first-order valence-electron chi connectivity index (χ1n) is 10.8. The van der Waals surface area contributed by atoms with Gasteiger partial charge in [0.1, 0.15) is 24.2 Å². The summed E-state index contributed by atoms with van der Waals surface area (Å²) in [4.78, 5) is 40.6. The largest absolute Gasteiger partial charge is 0.444 e. The van der Waals surface area contributed by atoms with Crippen LogP contribution in [0.15, 0.2) is 30.3 Å². The lowest BCUT2D eigenvalue weighted by atomic mass is 10.0. The lowest BCUT2D eigenvalue weighted by Crippen LogP contribution is -2.54. The number of ether oxygens (including phenoxy) is 1. The third-order valence-electron chi connectivity index (χ3n) is 4.30. The van der Waals surface area contributed by atoms with Crippen molar-refractivity contribution in [2.45, 2.75) is 71.2 Å². The van der Waals surface area contributed by atoms with Gasteiger partial charge in [-0.15, -0.1) is 0 Å². The second-order valence-electron chi connectivity index (χ2n) is 9.66. The number of nitrogens with zero attached hydrogens (tertiary/aromatic N) is 2. The fourth-order valence-corrected chi connectivity index (χ4v) is 3.53. The van der Waals surface area contributed by atoms with Crippen molar-refractivity contribution in [1.82, 2.24) is 15.5 Å². The van der Waals surface area contributed by atoms with E-state index in [9.17, 15) is 19.6 Å². The van der Waals surface area contributed by atoms with Gasteiger partial charge in [0.05, 0.1) is 6.07 Å². The normalized spacial score (nSPS) is 13.3. The second-order valence-corrected chi connectivity index (χ2v) is 10.6. The van der Waals surface area contributed by atoms with E-state index in [0.29, 0.717) is 17.7 Å². The van der Waals surface area contributed by atoms with Crippen LogP contribution in [0.5, 0.6) is 0 Å². The highest BCUT2D eigenvalue weighted by Gasteiger charge is 2.37. The number of nitrogens with one attached hydrogen (secondary N) is 2. The molecule has 0 saturated heterocycles. The van der Waals surface area contributed by atoms with Crippen LogP contribution in [0.2, 0.25) is 0 Å². The first-order chi connectivity index (χ1) is 15.3. The third kappa shape index (κ3) is 10.2. The van der Waals surface area contributed by atoms with Crippen LogP contribution in [0.25, 0.3) is 0 Å². The van der Waals surface area contributed by atoms with Crippen molar-refractivity contribution in [1.29, 1.82) is 5.26 Å². The van der Waals surface area contributed by atoms with E-state index in [4.69, 9.17) is 4.74 Å². The molecular weight excluding hydrogens is 440 g/mol. The van der Waals surface area contributed by atoms with Crippen LogP contribution in [-0.2, 0) is 14.3 Å². The predicted octanol–water partition coefficient (Wildman–Crippen LogP) is 3.64. The van der Waals surface area contributed by atoms with E-state index < -0.39 is 41.1 Å². The second kappa shape index (κ2) is 12.5. The van der Waals surface area contributed by atoms with Crippen molar-refractivity contribution in [3.8, 4) is 6.07 Å². The average Bonchev–Trinajstić information content (AvgIpc) is 2.68. The zero-order chi connectivity index (χ0) is 25.2. The van der Waals surface area contributed by atoms with Crippen LogP contribution in [0, 0.1) is 11.3 Å². The highest BCUT2D eigenvalue weighted by atomic mass is 32.2. The number of hydrogen-bond donors (Lipinski definition) is 2. The Morgan fingerprint density at radius 2 is 1.73 bits per heavy atom. The van der Waals surface area contributed by atoms with Crippen molar-refractivity contribution < 1.29 is 19.1 Å². The Balaban J connectivity index is 3.36. The molecule has 0 aliphatic heterocycles. The first kappa shape index (κ1) is 28.3. The number of benzene rings is 1. The summed E-state index contributed by atoms with van der Waals surface area (Å²) in [6, 6.07) is 8.84. The highest BCUT2D eigenvalue weighted by Crippen LogP contribution is 2.24. The van der Waals surface area contributed by atoms with Gasteiger partial charge in [-0.3, -0.25) is 9.59 Å². The lowest BCUT2D eigenvalue weighted by Gasteiger charge is -2.34. The number of carbonyl (C=O) groups excluding carboxylic acids is 3. The molecule has 0 fully saturated rings. The van der Waals surface area contributed by atoms with Gasteiger partial charge >= 0.3 is 6.09 Å². The van der Waals surface area contributed by atoms with Gasteiger partial charge < -0.3 is 20.3 Å². The van der Waals surface area contributed by atoms with Crippen LogP contribution in [0.1, 0.15) is 59.6 Å². The molecule has 0 radical (unpaired) electrons. The summed E-state index contributed by atoms with van der Waals surface area (Å²) >= 11 is 1.52. The number of nitriles is 1. The van der Waals surface area contributed by atoms with Gasteiger partial charge in [-0.2, -0.15) is 17.0 Å². The molecule has 0 heterocycles. The van der Waals surface area contributed by atoms with Crippen molar-refractivity contribution in [2.75, 3.05) is 18.6 Å².